The molecule has 1 saturated carbocycles. The van der Waals surface area contributed by atoms with Crippen LogP contribution in [0.15, 0.2) is 4.99 Å². The van der Waals surface area contributed by atoms with Gasteiger partial charge in [0.25, 0.3) is 0 Å². The molecule has 2 rings (SSSR count). The first-order valence-corrected chi connectivity index (χ1v) is 9.19. The van der Waals surface area contributed by atoms with E-state index in [0.29, 0.717) is 12.3 Å². The van der Waals surface area contributed by atoms with Crippen molar-refractivity contribution in [1.29, 1.82) is 0 Å². The molecule has 6 heteroatoms. The molecule has 1 aliphatic carbocycles. The number of likely N-dealkylation sites (N-methyl/N-ethyl adjacent to an activating group) is 1. The molecule has 0 spiro atoms. The van der Waals surface area contributed by atoms with Gasteiger partial charge < -0.3 is 16.0 Å². The van der Waals surface area contributed by atoms with Gasteiger partial charge in [-0.05, 0) is 45.1 Å². The van der Waals surface area contributed by atoms with Gasteiger partial charge in [0.05, 0.1) is 6.54 Å². The Labute approximate surface area is 140 Å². The minimum atomic E-state index is -0.193. The predicted octanol–water partition coefficient (Wildman–Crippen LogP) is 1.02. The quantitative estimate of drug-likeness (QED) is 0.517. The third-order valence-corrected chi connectivity index (χ3v) is 4.76. The molecule has 3 N–H and O–H groups in total. The Bertz CT molecular complexity index is 408. The summed E-state index contributed by atoms with van der Waals surface area (Å²) >= 11 is 0. The van der Waals surface area contributed by atoms with E-state index in [-0.39, 0.29) is 5.91 Å². The fourth-order valence-corrected chi connectivity index (χ4v) is 3.46. The summed E-state index contributed by atoms with van der Waals surface area (Å²) in [6.45, 7) is 10.1. The van der Waals surface area contributed by atoms with Gasteiger partial charge in [0.15, 0.2) is 5.96 Å². The summed E-state index contributed by atoms with van der Waals surface area (Å²) in [5.41, 5.74) is 5.36. The maximum absolute atomic E-state index is 11.2. The van der Waals surface area contributed by atoms with Crippen molar-refractivity contribution in [3.63, 3.8) is 0 Å². The minimum Gasteiger partial charge on any atom is -0.370 e. The van der Waals surface area contributed by atoms with Crippen LogP contribution >= 0.6 is 0 Å². The fraction of sp³-hybridized carbons (Fsp3) is 0.882. The SMILES string of the molecule is CCNC(=NCCN(CC)C1CC1)N1CCCC(CC(N)=O)C1. The van der Waals surface area contributed by atoms with Gasteiger partial charge in [-0.15, -0.1) is 0 Å². The monoisotopic (exact) mass is 323 g/mol. The number of hydrogen-bond acceptors (Lipinski definition) is 3. The van der Waals surface area contributed by atoms with Gasteiger partial charge in [-0.25, -0.2) is 0 Å². The lowest BCUT2D eigenvalue weighted by Crippen LogP contribution is -2.47. The Morgan fingerprint density at radius 1 is 1.35 bits per heavy atom. The molecule has 1 saturated heterocycles. The highest BCUT2D eigenvalue weighted by Crippen LogP contribution is 2.26. The number of guanidine groups is 1. The number of nitrogens with two attached hydrogens (primary N) is 1. The lowest BCUT2D eigenvalue weighted by atomic mass is 9.95. The molecular formula is C17H33N5O. The normalized spacial score (nSPS) is 22.5. The smallest absolute Gasteiger partial charge is 0.217 e. The van der Waals surface area contributed by atoms with Crippen molar-refractivity contribution in [2.75, 3.05) is 39.3 Å². The average molecular weight is 323 g/mol. The van der Waals surface area contributed by atoms with Crippen molar-refractivity contribution in [3.05, 3.63) is 0 Å². The number of aliphatic imine (C=N–C) groups is 1. The molecule has 1 atom stereocenters. The first-order chi connectivity index (χ1) is 11.1. The second-order valence-corrected chi connectivity index (χ2v) is 6.72. The highest BCUT2D eigenvalue weighted by molar-refractivity contribution is 5.80. The summed E-state index contributed by atoms with van der Waals surface area (Å²) in [5.74, 6) is 1.17. The van der Waals surface area contributed by atoms with E-state index in [1.54, 1.807) is 0 Å². The van der Waals surface area contributed by atoms with Gasteiger partial charge in [-0.3, -0.25) is 14.7 Å². The zero-order valence-electron chi connectivity index (χ0n) is 14.8. The van der Waals surface area contributed by atoms with Crippen LogP contribution in [0.1, 0.15) is 46.0 Å². The van der Waals surface area contributed by atoms with Crippen LogP contribution in [0.3, 0.4) is 0 Å². The molecule has 132 valence electrons. The predicted molar refractivity (Wildman–Crippen MR) is 94.4 cm³/mol. The summed E-state index contributed by atoms with van der Waals surface area (Å²) in [4.78, 5) is 20.8. The Hall–Kier alpha value is -1.30. The van der Waals surface area contributed by atoms with Gasteiger partial charge in [0.2, 0.25) is 5.91 Å². The van der Waals surface area contributed by atoms with Crippen LogP contribution in [0.2, 0.25) is 0 Å². The summed E-state index contributed by atoms with van der Waals surface area (Å²) in [5, 5.41) is 3.40. The van der Waals surface area contributed by atoms with Crippen molar-refractivity contribution >= 4 is 11.9 Å². The molecule has 6 nitrogen and oxygen atoms in total. The van der Waals surface area contributed by atoms with Crippen LogP contribution in [0, 0.1) is 5.92 Å². The van der Waals surface area contributed by atoms with Gasteiger partial charge in [-0.1, -0.05) is 6.92 Å². The van der Waals surface area contributed by atoms with E-state index in [9.17, 15) is 4.79 Å². The molecule has 0 radical (unpaired) electrons. The number of hydrogen-bond donors (Lipinski definition) is 2. The summed E-state index contributed by atoms with van der Waals surface area (Å²) in [7, 11) is 0. The Balaban J connectivity index is 1.87. The van der Waals surface area contributed by atoms with Crippen LogP contribution in [-0.2, 0) is 4.79 Å². The topological polar surface area (TPSA) is 74.0 Å². The summed E-state index contributed by atoms with van der Waals surface area (Å²) < 4.78 is 0. The van der Waals surface area contributed by atoms with E-state index in [0.717, 1.165) is 64.1 Å². The number of likely N-dealkylation sites (tertiary alicyclic amines) is 1. The third-order valence-electron chi connectivity index (χ3n) is 4.76. The highest BCUT2D eigenvalue weighted by Gasteiger charge is 2.27. The first-order valence-electron chi connectivity index (χ1n) is 9.19. The van der Waals surface area contributed by atoms with E-state index >= 15 is 0 Å². The molecule has 0 aromatic rings. The van der Waals surface area contributed by atoms with Gasteiger partial charge in [0.1, 0.15) is 0 Å². The highest BCUT2D eigenvalue weighted by atomic mass is 16.1. The summed E-state index contributed by atoms with van der Waals surface area (Å²) in [6, 6.07) is 0.799. The summed E-state index contributed by atoms with van der Waals surface area (Å²) in [6.07, 6.45) is 5.37. The number of nitrogens with one attached hydrogen (secondary N) is 1. The minimum absolute atomic E-state index is 0.193. The second kappa shape index (κ2) is 9.11. The number of rotatable bonds is 8. The number of carbonyl (C=O) groups excluding carboxylic acids is 1. The van der Waals surface area contributed by atoms with E-state index in [4.69, 9.17) is 10.7 Å². The van der Waals surface area contributed by atoms with Crippen LogP contribution in [-0.4, -0.2) is 67.0 Å². The van der Waals surface area contributed by atoms with Crippen LogP contribution in [0.4, 0.5) is 0 Å². The molecule has 0 aromatic carbocycles. The van der Waals surface area contributed by atoms with Crippen LogP contribution in [0.25, 0.3) is 0 Å². The van der Waals surface area contributed by atoms with Crippen LogP contribution in [0.5, 0.6) is 0 Å². The first kappa shape index (κ1) is 18.0. The second-order valence-electron chi connectivity index (χ2n) is 6.72. The zero-order chi connectivity index (χ0) is 16.7. The molecule has 0 bridgehead atoms. The maximum Gasteiger partial charge on any atom is 0.217 e. The molecule has 0 aromatic heterocycles. The molecule has 1 unspecified atom stereocenters. The number of piperidine rings is 1. The van der Waals surface area contributed by atoms with Crippen molar-refractivity contribution in [3.8, 4) is 0 Å². The Kier molecular flexibility index (Phi) is 7.15. The fourth-order valence-electron chi connectivity index (χ4n) is 3.46. The van der Waals surface area contributed by atoms with Crippen LogP contribution < -0.4 is 11.1 Å². The molecular weight excluding hydrogens is 290 g/mol. The van der Waals surface area contributed by atoms with Crippen molar-refractivity contribution in [2.45, 2.75) is 52.0 Å². The van der Waals surface area contributed by atoms with E-state index in [2.05, 4.69) is 29.0 Å². The lowest BCUT2D eigenvalue weighted by Gasteiger charge is -2.34. The number of nitrogens with zero attached hydrogens (tertiary/aromatic N) is 3. The molecule has 1 amide bonds. The van der Waals surface area contributed by atoms with E-state index in [1.807, 2.05) is 0 Å². The van der Waals surface area contributed by atoms with Crippen molar-refractivity contribution < 1.29 is 4.79 Å². The Morgan fingerprint density at radius 2 is 2.13 bits per heavy atom. The number of amides is 1. The number of carbonyl (C=O) groups is 1. The van der Waals surface area contributed by atoms with Crippen molar-refractivity contribution in [1.82, 2.24) is 15.1 Å². The molecule has 23 heavy (non-hydrogen) atoms. The lowest BCUT2D eigenvalue weighted by molar-refractivity contribution is -0.119. The van der Waals surface area contributed by atoms with Gasteiger partial charge in [0, 0.05) is 38.6 Å². The van der Waals surface area contributed by atoms with Gasteiger partial charge in [-0.2, -0.15) is 0 Å². The standard InChI is InChI=1S/C17H33N5O/c1-3-19-17(20-9-11-21(4-2)15-7-8-15)22-10-5-6-14(13-22)12-16(18)23/h14-15H,3-13H2,1-2H3,(H2,18,23)(H,19,20). The molecule has 1 aliphatic heterocycles. The van der Waals surface area contributed by atoms with E-state index in [1.165, 1.54) is 12.8 Å². The van der Waals surface area contributed by atoms with Crippen molar-refractivity contribution in [2.24, 2.45) is 16.6 Å². The molecule has 2 fully saturated rings. The van der Waals surface area contributed by atoms with Gasteiger partial charge >= 0.3 is 0 Å². The Morgan fingerprint density at radius 3 is 2.74 bits per heavy atom. The largest absolute Gasteiger partial charge is 0.370 e. The average Bonchev–Trinajstić information content (AvgIpc) is 3.35. The maximum atomic E-state index is 11.2. The van der Waals surface area contributed by atoms with E-state index < -0.39 is 0 Å². The number of primary amides is 1. The zero-order valence-corrected chi connectivity index (χ0v) is 14.8. The molecule has 1 heterocycles. The molecule has 2 aliphatic rings. The third kappa shape index (κ3) is 6.01.